The highest BCUT2D eigenvalue weighted by molar-refractivity contribution is 5.79. The van der Waals surface area contributed by atoms with Crippen LogP contribution in [0.1, 0.15) is 52.4 Å². The molecule has 2 amide bonds. The van der Waals surface area contributed by atoms with Gasteiger partial charge in [0.05, 0.1) is 0 Å². The molecule has 5 nitrogen and oxygen atoms in total. The van der Waals surface area contributed by atoms with Gasteiger partial charge < -0.3 is 15.5 Å². The predicted octanol–water partition coefficient (Wildman–Crippen LogP) is 1.03. The number of carbonyl (C=O) groups excluding carboxylic acids is 2. The lowest BCUT2D eigenvalue weighted by molar-refractivity contribution is -0.131. The van der Waals surface area contributed by atoms with E-state index in [2.05, 4.69) is 10.6 Å². The highest BCUT2D eigenvalue weighted by Crippen LogP contribution is 2.21. The van der Waals surface area contributed by atoms with Crippen molar-refractivity contribution in [2.75, 3.05) is 13.1 Å². The Balaban J connectivity index is 1.68. The van der Waals surface area contributed by atoms with Gasteiger partial charge in [0.2, 0.25) is 11.8 Å². The molecular formula is C15H27N3O2. The predicted molar refractivity (Wildman–Crippen MR) is 78.3 cm³/mol. The van der Waals surface area contributed by atoms with Gasteiger partial charge >= 0.3 is 0 Å². The van der Waals surface area contributed by atoms with E-state index in [-0.39, 0.29) is 17.9 Å². The minimum Gasteiger partial charge on any atom is -0.354 e. The van der Waals surface area contributed by atoms with E-state index in [1.54, 1.807) is 0 Å². The van der Waals surface area contributed by atoms with Gasteiger partial charge in [0.15, 0.2) is 0 Å². The van der Waals surface area contributed by atoms with Crippen molar-refractivity contribution in [3.8, 4) is 0 Å². The Labute approximate surface area is 121 Å². The number of amides is 2. The summed E-state index contributed by atoms with van der Waals surface area (Å²) in [5.74, 6) is 0.251. The standard InChI is InChI=1S/C15H27N3O2/c1-11(2)16-14(19)4-3-5-15(20)18-9-8-12-6-7-13(10-18)17-12/h11-13,17H,3-10H2,1-2H3,(H,16,19). The second-order valence-electron chi connectivity index (χ2n) is 6.34. The van der Waals surface area contributed by atoms with Crippen molar-refractivity contribution in [3.63, 3.8) is 0 Å². The van der Waals surface area contributed by atoms with E-state index in [0.29, 0.717) is 31.3 Å². The maximum Gasteiger partial charge on any atom is 0.222 e. The van der Waals surface area contributed by atoms with Gasteiger partial charge in [-0.05, 0) is 39.5 Å². The Morgan fingerprint density at radius 2 is 1.95 bits per heavy atom. The molecule has 2 atom stereocenters. The normalized spacial score (nSPS) is 25.6. The summed E-state index contributed by atoms with van der Waals surface area (Å²) in [4.78, 5) is 25.7. The molecule has 2 heterocycles. The lowest BCUT2D eigenvalue weighted by Gasteiger charge is -2.24. The SMILES string of the molecule is CC(C)NC(=O)CCCC(=O)N1CCC2CCC(C1)N2. The van der Waals surface area contributed by atoms with Crippen LogP contribution in [0.5, 0.6) is 0 Å². The molecule has 0 spiro atoms. The molecule has 0 aliphatic carbocycles. The summed E-state index contributed by atoms with van der Waals surface area (Å²) in [6.45, 7) is 5.60. The quantitative estimate of drug-likeness (QED) is 0.791. The molecule has 2 aliphatic rings. The first-order valence-electron chi connectivity index (χ1n) is 7.88. The average molecular weight is 281 g/mol. The molecule has 2 N–H and O–H groups in total. The largest absolute Gasteiger partial charge is 0.354 e. The first-order chi connectivity index (χ1) is 9.54. The van der Waals surface area contributed by atoms with Crippen LogP contribution in [0, 0.1) is 0 Å². The van der Waals surface area contributed by atoms with Crippen LogP contribution in [0.4, 0.5) is 0 Å². The van der Waals surface area contributed by atoms with E-state index in [1.807, 2.05) is 18.7 Å². The monoisotopic (exact) mass is 281 g/mol. The topological polar surface area (TPSA) is 61.4 Å². The van der Waals surface area contributed by atoms with Gasteiger partial charge in [-0.1, -0.05) is 0 Å². The van der Waals surface area contributed by atoms with Crippen LogP contribution in [-0.2, 0) is 9.59 Å². The Morgan fingerprint density at radius 1 is 1.20 bits per heavy atom. The molecule has 2 bridgehead atoms. The minimum absolute atomic E-state index is 0.0457. The molecule has 2 unspecified atom stereocenters. The van der Waals surface area contributed by atoms with Crippen molar-refractivity contribution in [2.24, 2.45) is 0 Å². The fourth-order valence-corrected chi connectivity index (χ4v) is 3.12. The Kier molecular flexibility index (Phi) is 5.40. The molecule has 0 aromatic carbocycles. The minimum atomic E-state index is 0.0457. The van der Waals surface area contributed by atoms with Crippen molar-refractivity contribution >= 4 is 11.8 Å². The van der Waals surface area contributed by atoms with Crippen LogP contribution < -0.4 is 10.6 Å². The van der Waals surface area contributed by atoms with Gasteiger partial charge in [-0.2, -0.15) is 0 Å². The molecule has 5 heteroatoms. The van der Waals surface area contributed by atoms with E-state index in [1.165, 1.54) is 12.8 Å². The molecular weight excluding hydrogens is 254 g/mol. The Morgan fingerprint density at radius 3 is 2.70 bits per heavy atom. The van der Waals surface area contributed by atoms with Gasteiger partial charge in [-0.3, -0.25) is 9.59 Å². The van der Waals surface area contributed by atoms with Crippen molar-refractivity contribution in [1.82, 2.24) is 15.5 Å². The molecule has 0 aromatic rings. The number of fused-ring (bicyclic) bond motifs is 2. The number of carbonyl (C=O) groups is 2. The first-order valence-corrected chi connectivity index (χ1v) is 7.88. The second-order valence-corrected chi connectivity index (χ2v) is 6.34. The zero-order valence-electron chi connectivity index (χ0n) is 12.7. The number of hydrogen-bond acceptors (Lipinski definition) is 3. The smallest absolute Gasteiger partial charge is 0.222 e. The van der Waals surface area contributed by atoms with Crippen molar-refractivity contribution in [1.29, 1.82) is 0 Å². The molecule has 2 saturated heterocycles. The van der Waals surface area contributed by atoms with Gasteiger partial charge in [0.25, 0.3) is 0 Å². The third-order valence-electron chi connectivity index (χ3n) is 4.12. The van der Waals surface area contributed by atoms with Crippen LogP contribution in [-0.4, -0.2) is 47.9 Å². The van der Waals surface area contributed by atoms with E-state index in [4.69, 9.17) is 0 Å². The number of rotatable bonds is 5. The molecule has 0 saturated carbocycles. The fourth-order valence-electron chi connectivity index (χ4n) is 3.12. The molecule has 2 fully saturated rings. The Hall–Kier alpha value is -1.10. The second kappa shape index (κ2) is 7.07. The number of likely N-dealkylation sites (tertiary alicyclic amines) is 1. The van der Waals surface area contributed by atoms with E-state index in [9.17, 15) is 9.59 Å². The summed E-state index contributed by atoms with van der Waals surface area (Å²) < 4.78 is 0. The lowest BCUT2D eigenvalue weighted by atomic mass is 10.1. The third-order valence-corrected chi connectivity index (χ3v) is 4.12. The summed E-state index contributed by atoms with van der Waals surface area (Å²) in [7, 11) is 0. The highest BCUT2D eigenvalue weighted by Gasteiger charge is 2.30. The molecule has 20 heavy (non-hydrogen) atoms. The van der Waals surface area contributed by atoms with E-state index < -0.39 is 0 Å². The maximum absolute atomic E-state index is 12.2. The number of hydrogen-bond donors (Lipinski definition) is 2. The third kappa shape index (κ3) is 4.47. The van der Waals surface area contributed by atoms with Gasteiger partial charge in [-0.15, -0.1) is 0 Å². The molecule has 2 rings (SSSR count). The molecule has 0 radical (unpaired) electrons. The maximum atomic E-state index is 12.2. The van der Waals surface area contributed by atoms with Crippen LogP contribution in [0.15, 0.2) is 0 Å². The molecule has 114 valence electrons. The summed E-state index contributed by atoms with van der Waals surface area (Å²) >= 11 is 0. The van der Waals surface area contributed by atoms with Crippen LogP contribution in [0.25, 0.3) is 0 Å². The molecule has 2 aliphatic heterocycles. The average Bonchev–Trinajstić information content (AvgIpc) is 2.67. The summed E-state index contributed by atoms with van der Waals surface area (Å²) in [6.07, 6.45) is 5.09. The zero-order chi connectivity index (χ0) is 14.5. The van der Waals surface area contributed by atoms with Crippen LogP contribution in [0.3, 0.4) is 0 Å². The summed E-state index contributed by atoms with van der Waals surface area (Å²) in [6, 6.07) is 1.26. The van der Waals surface area contributed by atoms with E-state index in [0.717, 1.165) is 19.5 Å². The van der Waals surface area contributed by atoms with Crippen molar-refractivity contribution in [3.05, 3.63) is 0 Å². The van der Waals surface area contributed by atoms with Crippen LogP contribution in [0.2, 0.25) is 0 Å². The number of nitrogens with one attached hydrogen (secondary N) is 2. The fraction of sp³-hybridized carbons (Fsp3) is 0.867. The van der Waals surface area contributed by atoms with Crippen LogP contribution >= 0.6 is 0 Å². The Bertz CT molecular complexity index is 357. The first kappa shape index (κ1) is 15.3. The highest BCUT2D eigenvalue weighted by atomic mass is 16.2. The zero-order valence-corrected chi connectivity index (χ0v) is 12.7. The number of nitrogens with zero attached hydrogens (tertiary/aromatic N) is 1. The van der Waals surface area contributed by atoms with Crippen molar-refractivity contribution in [2.45, 2.75) is 70.5 Å². The van der Waals surface area contributed by atoms with Gasteiger partial charge in [0.1, 0.15) is 0 Å². The van der Waals surface area contributed by atoms with Gasteiger partial charge in [0, 0.05) is 44.1 Å². The van der Waals surface area contributed by atoms with Crippen molar-refractivity contribution < 1.29 is 9.59 Å². The summed E-state index contributed by atoms with van der Waals surface area (Å²) in [5, 5.41) is 6.43. The van der Waals surface area contributed by atoms with E-state index >= 15 is 0 Å². The van der Waals surface area contributed by atoms with Gasteiger partial charge in [-0.25, -0.2) is 0 Å². The summed E-state index contributed by atoms with van der Waals surface area (Å²) in [5.41, 5.74) is 0. The lowest BCUT2D eigenvalue weighted by Crippen LogP contribution is -2.39. The molecule has 0 aromatic heterocycles.